The molecule has 0 aliphatic rings. The molecule has 0 aliphatic heterocycles. The van der Waals surface area contributed by atoms with Gasteiger partial charge in [-0.25, -0.2) is 18.7 Å². The van der Waals surface area contributed by atoms with Crippen LogP contribution >= 0.6 is 15.9 Å². The monoisotopic (exact) mass is 536 g/mol. The molecule has 34 heavy (non-hydrogen) atoms. The van der Waals surface area contributed by atoms with Gasteiger partial charge < -0.3 is 19.7 Å². The van der Waals surface area contributed by atoms with Crippen molar-refractivity contribution in [2.75, 3.05) is 11.9 Å². The van der Waals surface area contributed by atoms with Crippen LogP contribution in [-0.4, -0.2) is 32.2 Å². The van der Waals surface area contributed by atoms with Gasteiger partial charge in [0.15, 0.2) is 0 Å². The van der Waals surface area contributed by atoms with Gasteiger partial charge in [0.2, 0.25) is 0 Å². The highest BCUT2D eigenvalue weighted by Crippen LogP contribution is 2.26. The molecule has 180 valence electrons. The van der Waals surface area contributed by atoms with Gasteiger partial charge in [-0.1, -0.05) is 6.92 Å². The molecule has 0 spiro atoms. The maximum atomic E-state index is 13.9. The van der Waals surface area contributed by atoms with Crippen LogP contribution in [0.2, 0.25) is 0 Å². The lowest BCUT2D eigenvalue weighted by Gasteiger charge is -2.18. The average molecular weight is 537 g/mol. The van der Waals surface area contributed by atoms with Crippen LogP contribution in [0.4, 0.5) is 14.6 Å². The fraction of sp³-hybridized carbons (Fsp3) is 0.304. The van der Waals surface area contributed by atoms with Gasteiger partial charge in [-0.15, -0.1) is 0 Å². The Morgan fingerprint density at radius 2 is 1.97 bits per heavy atom. The lowest BCUT2D eigenvalue weighted by molar-refractivity contribution is -0.134. The minimum Gasteiger partial charge on any atom is -0.487 e. The number of aromatic nitrogens is 3. The molecule has 0 amide bonds. The van der Waals surface area contributed by atoms with Crippen LogP contribution in [0.5, 0.6) is 5.75 Å². The molecule has 0 fully saturated rings. The number of nitrogens with one attached hydrogen (secondary N) is 1. The minimum atomic E-state index is -1.05. The Hall–Kier alpha value is -3.34. The van der Waals surface area contributed by atoms with E-state index < -0.39 is 23.2 Å². The number of ether oxygens (including phenoxy) is 1. The molecule has 11 heteroatoms. The predicted octanol–water partition coefficient (Wildman–Crippen LogP) is 3.98. The van der Waals surface area contributed by atoms with Gasteiger partial charge >= 0.3 is 5.97 Å². The Balaban J connectivity index is 1.94. The zero-order valence-electron chi connectivity index (χ0n) is 18.8. The Morgan fingerprint density at radius 3 is 2.62 bits per heavy atom. The number of hydrogen-bond donors (Lipinski definition) is 2. The number of halogens is 3. The number of hydrogen-bond acceptors (Lipinski definition) is 6. The number of benzene rings is 1. The van der Waals surface area contributed by atoms with Gasteiger partial charge in [-0.05, 0) is 48.3 Å². The lowest BCUT2D eigenvalue weighted by atomic mass is 10.1. The summed E-state index contributed by atoms with van der Waals surface area (Å²) >= 11 is 3.26. The number of rotatable bonds is 9. The summed E-state index contributed by atoms with van der Waals surface area (Å²) in [5.41, 5.74) is 1.59. The van der Waals surface area contributed by atoms with Gasteiger partial charge in [-0.2, -0.15) is 0 Å². The van der Waals surface area contributed by atoms with Gasteiger partial charge in [0.1, 0.15) is 46.7 Å². The van der Waals surface area contributed by atoms with Crippen molar-refractivity contribution in [2.24, 2.45) is 0 Å². The fourth-order valence-electron chi connectivity index (χ4n) is 3.39. The standard InChI is InChI=1S/C23H23BrF2N4O4/c1-4-18-16(22(27-9-20(31)32)29-13(3)28-18)10-30-12(2)7-19(21(24)23(30)33)34-11-14-5-6-15(25)8-17(14)26/h5-8H,4,9-11H2,1-3H3,(H,31,32)(H,27,28,29). The maximum absolute atomic E-state index is 13.9. The number of aryl methyl sites for hydroxylation is 3. The Kier molecular flexibility index (Phi) is 7.98. The summed E-state index contributed by atoms with van der Waals surface area (Å²) < 4.78 is 34.3. The van der Waals surface area contributed by atoms with Crippen LogP contribution in [0.1, 0.15) is 35.3 Å². The van der Waals surface area contributed by atoms with Crippen LogP contribution in [0.3, 0.4) is 0 Å². The van der Waals surface area contributed by atoms with Crippen molar-refractivity contribution in [1.29, 1.82) is 0 Å². The number of pyridine rings is 1. The third-order valence-corrected chi connectivity index (χ3v) is 5.81. The summed E-state index contributed by atoms with van der Waals surface area (Å²) in [6, 6.07) is 4.80. The molecule has 0 unspecified atom stereocenters. The van der Waals surface area contributed by atoms with E-state index in [0.717, 1.165) is 12.1 Å². The normalized spacial score (nSPS) is 10.9. The smallest absolute Gasteiger partial charge is 0.322 e. The van der Waals surface area contributed by atoms with Crippen LogP contribution in [-0.2, 0) is 24.4 Å². The molecular formula is C23H23BrF2N4O4. The Bertz CT molecular complexity index is 1300. The SMILES string of the molecule is CCc1nc(C)nc(NCC(=O)O)c1Cn1c(C)cc(OCc2ccc(F)cc2F)c(Br)c1=O. The molecule has 0 saturated heterocycles. The molecule has 0 saturated carbocycles. The van der Waals surface area contributed by atoms with Crippen LogP contribution in [0.25, 0.3) is 0 Å². The van der Waals surface area contributed by atoms with E-state index in [0.29, 0.717) is 35.0 Å². The van der Waals surface area contributed by atoms with E-state index in [2.05, 4.69) is 31.2 Å². The highest BCUT2D eigenvalue weighted by Gasteiger charge is 2.18. The van der Waals surface area contributed by atoms with E-state index in [4.69, 9.17) is 9.84 Å². The zero-order valence-corrected chi connectivity index (χ0v) is 20.4. The molecule has 0 aliphatic carbocycles. The molecule has 0 bridgehead atoms. The molecule has 2 N–H and O–H groups in total. The average Bonchev–Trinajstić information content (AvgIpc) is 2.78. The third kappa shape index (κ3) is 5.77. The molecule has 8 nitrogen and oxygen atoms in total. The number of nitrogens with zero attached hydrogens (tertiary/aromatic N) is 3. The number of carbonyl (C=O) groups is 1. The second-order valence-corrected chi connectivity index (χ2v) is 8.32. The molecule has 1 aromatic carbocycles. The van der Waals surface area contributed by atoms with Gasteiger partial charge in [0.05, 0.1) is 12.2 Å². The molecule has 2 aromatic heterocycles. The van der Waals surface area contributed by atoms with E-state index in [9.17, 15) is 18.4 Å². The van der Waals surface area contributed by atoms with Gasteiger partial charge in [0.25, 0.3) is 5.56 Å². The van der Waals surface area contributed by atoms with E-state index in [1.165, 1.54) is 10.6 Å². The minimum absolute atomic E-state index is 0.0988. The predicted molar refractivity (Wildman–Crippen MR) is 125 cm³/mol. The highest BCUT2D eigenvalue weighted by molar-refractivity contribution is 9.10. The second-order valence-electron chi connectivity index (χ2n) is 7.53. The number of anilines is 1. The van der Waals surface area contributed by atoms with E-state index >= 15 is 0 Å². The zero-order chi connectivity index (χ0) is 25.0. The molecule has 3 rings (SSSR count). The second kappa shape index (κ2) is 10.7. The number of aliphatic carboxylic acids is 1. The highest BCUT2D eigenvalue weighted by atomic mass is 79.9. The third-order valence-electron chi connectivity index (χ3n) is 5.08. The van der Waals surface area contributed by atoms with Crippen molar-refractivity contribution >= 4 is 27.7 Å². The van der Waals surface area contributed by atoms with Crippen LogP contribution in [0, 0.1) is 25.5 Å². The van der Waals surface area contributed by atoms with Crippen molar-refractivity contribution in [3.8, 4) is 5.75 Å². The first kappa shape index (κ1) is 25.3. The largest absolute Gasteiger partial charge is 0.487 e. The topological polar surface area (TPSA) is 106 Å². The molecule has 2 heterocycles. The number of carboxylic acid groups (broad SMARTS) is 1. The van der Waals surface area contributed by atoms with Crippen LogP contribution in [0.15, 0.2) is 33.5 Å². The molecule has 0 atom stereocenters. The van der Waals surface area contributed by atoms with Gasteiger partial charge in [0, 0.05) is 29.0 Å². The van der Waals surface area contributed by atoms with Crippen molar-refractivity contribution in [1.82, 2.24) is 14.5 Å². The van der Waals surface area contributed by atoms with Crippen molar-refractivity contribution in [3.05, 3.63) is 79.1 Å². The van der Waals surface area contributed by atoms with E-state index in [1.807, 2.05) is 6.92 Å². The van der Waals surface area contributed by atoms with Crippen molar-refractivity contribution in [3.63, 3.8) is 0 Å². The summed E-state index contributed by atoms with van der Waals surface area (Å²) in [6.07, 6.45) is 0.555. The Morgan fingerprint density at radius 1 is 1.24 bits per heavy atom. The molecule has 0 radical (unpaired) electrons. The first-order chi connectivity index (χ1) is 16.1. The summed E-state index contributed by atoms with van der Waals surface area (Å²) in [6.45, 7) is 4.90. The first-order valence-electron chi connectivity index (χ1n) is 10.4. The van der Waals surface area contributed by atoms with Gasteiger partial charge in [-0.3, -0.25) is 9.59 Å². The summed E-state index contributed by atoms with van der Waals surface area (Å²) in [5.74, 6) is -1.44. The summed E-state index contributed by atoms with van der Waals surface area (Å²) in [4.78, 5) is 33.0. The lowest BCUT2D eigenvalue weighted by Crippen LogP contribution is -2.26. The molecular weight excluding hydrogens is 514 g/mol. The summed E-state index contributed by atoms with van der Waals surface area (Å²) in [5, 5.41) is 11.8. The van der Waals surface area contributed by atoms with Crippen molar-refractivity contribution < 1.29 is 23.4 Å². The maximum Gasteiger partial charge on any atom is 0.322 e. The number of carboxylic acids is 1. The van der Waals surface area contributed by atoms with E-state index in [1.54, 1.807) is 19.9 Å². The fourth-order valence-corrected chi connectivity index (χ4v) is 3.83. The van der Waals surface area contributed by atoms with Crippen LogP contribution < -0.4 is 15.6 Å². The van der Waals surface area contributed by atoms with E-state index in [-0.39, 0.29) is 35.5 Å². The Labute approximate surface area is 202 Å². The first-order valence-corrected chi connectivity index (χ1v) is 11.2. The quantitative estimate of drug-likeness (QED) is 0.426. The van der Waals surface area contributed by atoms with Crippen molar-refractivity contribution in [2.45, 2.75) is 40.3 Å². The molecule has 3 aromatic rings. The summed E-state index contributed by atoms with van der Waals surface area (Å²) in [7, 11) is 0.